The number of hydrogen-bond acceptors (Lipinski definition) is 6. The molecule has 0 bridgehead atoms. The van der Waals surface area contributed by atoms with Gasteiger partial charge >= 0.3 is 5.91 Å². The van der Waals surface area contributed by atoms with E-state index in [4.69, 9.17) is 9.47 Å². The molecule has 1 fully saturated rings. The van der Waals surface area contributed by atoms with E-state index in [0.29, 0.717) is 25.4 Å². The van der Waals surface area contributed by atoms with Gasteiger partial charge in [-0.1, -0.05) is 18.2 Å². The van der Waals surface area contributed by atoms with Crippen molar-refractivity contribution in [1.29, 1.82) is 0 Å². The molecule has 1 saturated heterocycles. The highest BCUT2D eigenvalue weighted by Crippen LogP contribution is 2.36. The number of nitrogens with zero attached hydrogens (tertiary/aromatic N) is 3. The van der Waals surface area contributed by atoms with Gasteiger partial charge in [-0.25, -0.2) is 9.78 Å². The van der Waals surface area contributed by atoms with Crippen LogP contribution in [-0.2, 0) is 17.6 Å². The van der Waals surface area contributed by atoms with E-state index in [-0.39, 0.29) is 17.9 Å². The van der Waals surface area contributed by atoms with Gasteiger partial charge in [0.25, 0.3) is 0 Å². The lowest BCUT2D eigenvalue weighted by Crippen LogP contribution is -2.33. The summed E-state index contributed by atoms with van der Waals surface area (Å²) in [7, 11) is 1.60. The number of rotatable bonds is 6. The normalized spacial score (nSPS) is 19.2. The lowest BCUT2D eigenvalue weighted by molar-refractivity contribution is -0.662. The molecule has 2 aliphatic heterocycles. The molecule has 4 heterocycles. The Morgan fingerprint density at radius 1 is 1.18 bits per heavy atom. The van der Waals surface area contributed by atoms with Gasteiger partial charge in [-0.2, -0.15) is 0 Å². The van der Waals surface area contributed by atoms with Gasteiger partial charge < -0.3 is 14.7 Å². The van der Waals surface area contributed by atoms with Crippen LogP contribution in [-0.4, -0.2) is 40.7 Å². The molecule has 1 aromatic carbocycles. The Bertz CT molecular complexity index is 1170. The number of amides is 1. The van der Waals surface area contributed by atoms with Gasteiger partial charge in [0.2, 0.25) is 5.88 Å². The summed E-state index contributed by atoms with van der Waals surface area (Å²) in [6.45, 7) is 2.67. The number of fused-ring (bicyclic) bond motifs is 1. The molecule has 1 amide bonds. The first-order valence-corrected chi connectivity index (χ1v) is 11.3. The topological polar surface area (TPSA) is 84.4 Å². The smallest absolute Gasteiger partial charge is 0.317 e. The molecular formula is C26H27N3O4. The molecule has 3 aromatic rings. The van der Waals surface area contributed by atoms with Gasteiger partial charge in [-0.15, -0.1) is 0 Å². The minimum atomic E-state index is -0.668. The zero-order chi connectivity index (χ0) is 23.0. The molecule has 33 heavy (non-hydrogen) atoms. The molecule has 0 radical (unpaired) electrons. The van der Waals surface area contributed by atoms with E-state index in [1.165, 1.54) is 0 Å². The van der Waals surface area contributed by atoms with Gasteiger partial charge in [0.05, 0.1) is 18.7 Å². The zero-order valence-electron chi connectivity index (χ0n) is 18.9. The molecule has 0 N–H and O–H groups in total. The van der Waals surface area contributed by atoms with Crippen LogP contribution in [0.3, 0.4) is 0 Å². The van der Waals surface area contributed by atoms with Crippen molar-refractivity contribution in [3.63, 3.8) is 0 Å². The largest absolute Gasteiger partial charge is 0.625 e. The number of hydrogen-bond donors (Lipinski definition) is 0. The first kappa shape index (κ1) is 21.6. The molecule has 7 nitrogen and oxygen atoms in total. The van der Waals surface area contributed by atoms with Crippen LogP contribution in [0.2, 0.25) is 0 Å². The summed E-state index contributed by atoms with van der Waals surface area (Å²) in [6.07, 6.45) is 5.75. The summed E-state index contributed by atoms with van der Waals surface area (Å²) in [4.78, 5) is 21.1. The number of ether oxygens (including phenoxy) is 2. The first-order valence-electron chi connectivity index (χ1n) is 11.3. The van der Waals surface area contributed by atoms with Crippen LogP contribution in [0.5, 0.6) is 11.6 Å². The van der Waals surface area contributed by atoms with Gasteiger partial charge in [0.1, 0.15) is 24.9 Å². The zero-order valence-corrected chi connectivity index (χ0v) is 18.9. The van der Waals surface area contributed by atoms with Crippen LogP contribution < -0.4 is 9.47 Å². The highest BCUT2D eigenvalue weighted by Gasteiger charge is 2.43. The second-order valence-corrected chi connectivity index (χ2v) is 8.93. The fraction of sp³-hybridized carbons (Fsp3) is 0.346. The standard InChI is InChI=1S/C26H27N3O4/c1-17(26(30)29(31)11-12-29)13-18-3-4-19-6-8-23(33-24(19)14-18)22-7-5-21(16-28-22)20-9-10-27-25(15-20)32-2/h3-5,7,9-10,14-17,23H,6,8,11-13H2,1-2H3/t17-,23?/m0/s1. The van der Waals surface area contributed by atoms with E-state index < -0.39 is 4.65 Å². The number of carbonyl (C=O) groups is 1. The van der Waals surface area contributed by atoms with Crippen molar-refractivity contribution in [2.24, 2.45) is 5.92 Å². The molecular weight excluding hydrogens is 418 g/mol. The molecule has 0 spiro atoms. The number of benzene rings is 1. The molecule has 2 atom stereocenters. The van der Waals surface area contributed by atoms with Crippen LogP contribution in [0.4, 0.5) is 0 Å². The molecule has 0 saturated carbocycles. The van der Waals surface area contributed by atoms with E-state index in [9.17, 15) is 10.0 Å². The van der Waals surface area contributed by atoms with E-state index in [1.54, 1.807) is 13.3 Å². The van der Waals surface area contributed by atoms with E-state index >= 15 is 0 Å². The first-order chi connectivity index (χ1) is 15.9. The van der Waals surface area contributed by atoms with Crippen molar-refractivity contribution in [3.8, 4) is 22.8 Å². The molecule has 1 unspecified atom stereocenters. The summed E-state index contributed by atoms with van der Waals surface area (Å²) < 4.78 is 10.9. The highest BCUT2D eigenvalue weighted by atomic mass is 16.6. The second-order valence-electron chi connectivity index (χ2n) is 8.93. The Morgan fingerprint density at radius 2 is 2.03 bits per heavy atom. The number of carbonyl (C=O) groups excluding carboxylic acids is 1. The Kier molecular flexibility index (Phi) is 5.60. The minimum Gasteiger partial charge on any atom is -0.625 e. The predicted octanol–water partition coefficient (Wildman–Crippen LogP) is 4.25. The Balaban J connectivity index is 1.29. The SMILES string of the molecule is COc1cc(-c2ccc(C3CCc4ccc(C[C@H](C)C(=O)[N+]5([O-])CC5)cc4O3)nc2)ccn1. The molecule has 170 valence electrons. The summed E-state index contributed by atoms with van der Waals surface area (Å²) in [5.41, 5.74) is 5.04. The number of hydroxylamine groups is 3. The third-order valence-electron chi connectivity index (χ3n) is 6.47. The summed E-state index contributed by atoms with van der Waals surface area (Å²) in [5, 5.41) is 12.1. The average molecular weight is 446 g/mol. The fourth-order valence-electron chi connectivity index (χ4n) is 4.37. The van der Waals surface area contributed by atoms with Crippen molar-refractivity contribution in [2.75, 3.05) is 20.2 Å². The minimum absolute atomic E-state index is 0.124. The maximum atomic E-state index is 12.3. The van der Waals surface area contributed by atoms with Crippen LogP contribution in [0, 0.1) is 11.1 Å². The van der Waals surface area contributed by atoms with Gasteiger partial charge in [0, 0.05) is 24.0 Å². The Morgan fingerprint density at radius 3 is 2.76 bits per heavy atom. The van der Waals surface area contributed by atoms with Gasteiger partial charge in [-0.3, -0.25) is 9.63 Å². The molecule has 2 aromatic heterocycles. The fourth-order valence-corrected chi connectivity index (χ4v) is 4.37. The second kappa shape index (κ2) is 8.57. The number of aryl methyl sites for hydroxylation is 1. The van der Waals surface area contributed by atoms with Crippen molar-refractivity contribution < 1.29 is 18.9 Å². The third kappa shape index (κ3) is 4.47. The lowest BCUT2D eigenvalue weighted by atomic mass is 9.95. The number of pyridine rings is 2. The lowest BCUT2D eigenvalue weighted by Gasteiger charge is -2.27. The van der Waals surface area contributed by atoms with Gasteiger partial charge in [-0.05, 0) is 61.1 Å². The number of methoxy groups -OCH3 is 1. The van der Waals surface area contributed by atoms with E-state index in [1.807, 2.05) is 49.5 Å². The summed E-state index contributed by atoms with van der Waals surface area (Å²) in [6, 6.07) is 14.0. The van der Waals surface area contributed by atoms with Crippen molar-refractivity contribution in [1.82, 2.24) is 9.97 Å². The molecule has 2 aliphatic rings. The van der Waals surface area contributed by atoms with E-state index in [0.717, 1.165) is 46.5 Å². The number of quaternary nitrogens is 1. The monoisotopic (exact) mass is 445 g/mol. The summed E-state index contributed by atoms with van der Waals surface area (Å²) >= 11 is 0. The third-order valence-corrected chi connectivity index (χ3v) is 6.47. The quantitative estimate of drug-likeness (QED) is 0.320. The van der Waals surface area contributed by atoms with Crippen molar-refractivity contribution in [3.05, 3.63) is 76.9 Å². The van der Waals surface area contributed by atoms with Crippen LogP contribution in [0.1, 0.15) is 36.3 Å². The molecule has 7 heteroatoms. The highest BCUT2D eigenvalue weighted by molar-refractivity contribution is 5.73. The maximum absolute atomic E-state index is 12.3. The van der Waals surface area contributed by atoms with Crippen LogP contribution in [0.25, 0.3) is 11.1 Å². The Hall–Kier alpha value is -3.29. The average Bonchev–Trinajstić information content (AvgIpc) is 3.61. The Labute approximate surface area is 193 Å². The number of aromatic nitrogens is 2. The molecule has 5 rings (SSSR count). The van der Waals surface area contributed by atoms with E-state index in [2.05, 4.69) is 16.0 Å². The predicted molar refractivity (Wildman–Crippen MR) is 123 cm³/mol. The van der Waals surface area contributed by atoms with Crippen molar-refractivity contribution in [2.45, 2.75) is 32.3 Å². The van der Waals surface area contributed by atoms with Crippen LogP contribution >= 0.6 is 0 Å². The summed E-state index contributed by atoms with van der Waals surface area (Å²) in [5.74, 6) is 0.883. The molecule has 0 aliphatic carbocycles. The van der Waals surface area contributed by atoms with Gasteiger partial charge in [0.15, 0.2) is 0 Å². The van der Waals surface area contributed by atoms with Crippen molar-refractivity contribution >= 4 is 5.91 Å². The van der Waals surface area contributed by atoms with Crippen LogP contribution in [0.15, 0.2) is 54.9 Å². The maximum Gasteiger partial charge on any atom is 0.317 e.